The van der Waals surface area contributed by atoms with Gasteiger partial charge in [-0.1, -0.05) is 216 Å². The van der Waals surface area contributed by atoms with Crippen LogP contribution in [0.4, 0.5) is 0 Å². The molecule has 0 aromatic carbocycles. The van der Waals surface area contributed by atoms with Crippen molar-refractivity contribution >= 4 is 17.9 Å². The molecule has 0 radical (unpaired) electrons. The Labute approximate surface area is 383 Å². The average molecular weight is 867 g/mol. The van der Waals surface area contributed by atoms with Gasteiger partial charge in [0.2, 0.25) is 0 Å². The molecule has 0 saturated heterocycles. The Morgan fingerprint density at radius 2 is 0.597 bits per heavy atom. The second kappa shape index (κ2) is 50.8. The van der Waals surface area contributed by atoms with Gasteiger partial charge in [0, 0.05) is 19.3 Å². The predicted molar refractivity (Wildman–Crippen MR) is 265 cm³/mol. The maximum atomic E-state index is 12.8. The number of rotatable bonds is 47. The topological polar surface area (TPSA) is 78.9 Å². The molecular weight excluding hydrogens is 769 g/mol. The molecule has 0 aliphatic carbocycles. The van der Waals surface area contributed by atoms with E-state index in [1.54, 1.807) is 0 Å². The second-order valence-corrected chi connectivity index (χ2v) is 17.4. The molecule has 0 aliphatic heterocycles. The Balaban J connectivity index is 4.46. The van der Waals surface area contributed by atoms with Crippen LogP contribution < -0.4 is 0 Å². The zero-order valence-corrected chi connectivity index (χ0v) is 40.9. The van der Waals surface area contributed by atoms with Crippen LogP contribution in [0.1, 0.15) is 258 Å². The van der Waals surface area contributed by atoms with Crippen LogP contribution in [-0.4, -0.2) is 37.2 Å². The fourth-order valence-corrected chi connectivity index (χ4v) is 7.25. The molecule has 0 aromatic rings. The van der Waals surface area contributed by atoms with Gasteiger partial charge < -0.3 is 14.2 Å². The molecule has 0 saturated carbocycles. The maximum Gasteiger partial charge on any atom is 0.306 e. The molecule has 6 nitrogen and oxygen atoms in total. The number of hydrogen-bond donors (Lipinski definition) is 0. The van der Waals surface area contributed by atoms with Crippen molar-refractivity contribution in [2.45, 2.75) is 264 Å². The van der Waals surface area contributed by atoms with Crippen molar-refractivity contribution in [3.8, 4) is 0 Å². The summed E-state index contributed by atoms with van der Waals surface area (Å²) in [6, 6.07) is 0. The van der Waals surface area contributed by atoms with Crippen LogP contribution >= 0.6 is 0 Å². The smallest absolute Gasteiger partial charge is 0.306 e. The van der Waals surface area contributed by atoms with Crippen molar-refractivity contribution in [3.63, 3.8) is 0 Å². The standard InChI is InChI=1S/C56H98O6/c1-4-7-10-13-16-19-22-25-27-28-29-32-34-37-40-43-46-49-55(58)61-52-53(51-60-54(57)48-45-42-39-36-33-30-24-21-18-15-12-9-6-3)62-56(59)50-47-44-41-38-35-31-26-23-20-17-14-11-8-5-2/h16,19,21,24-25,27,29,32,37,40,53H,4-15,17-18,20,22-23,26,28,30-31,33-36,38-39,41-52H2,1-3H3/b19-16-,24-21-,27-25-,32-29-,40-37-/t53-/m1/s1. The number of allylic oxidation sites excluding steroid dienone is 10. The van der Waals surface area contributed by atoms with Gasteiger partial charge in [-0.15, -0.1) is 0 Å². The summed E-state index contributed by atoms with van der Waals surface area (Å²) in [6.45, 7) is 6.55. The molecule has 358 valence electrons. The summed E-state index contributed by atoms with van der Waals surface area (Å²) in [6.07, 6.45) is 62.0. The van der Waals surface area contributed by atoms with E-state index in [2.05, 4.69) is 81.5 Å². The number of carbonyl (C=O) groups is 3. The lowest BCUT2D eigenvalue weighted by atomic mass is 10.0. The first-order valence-electron chi connectivity index (χ1n) is 26.3. The quantitative estimate of drug-likeness (QED) is 0.0262. The van der Waals surface area contributed by atoms with E-state index in [0.717, 1.165) is 70.6 Å². The minimum absolute atomic E-state index is 0.0937. The van der Waals surface area contributed by atoms with Gasteiger partial charge in [0.05, 0.1) is 0 Å². The molecule has 62 heavy (non-hydrogen) atoms. The average Bonchev–Trinajstić information content (AvgIpc) is 3.27. The molecule has 0 aromatic heterocycles. The van der Waals surface area contributed by atoms with E-state index in [-0.39, 0.29) is 37.5 Å². The van der Waals surface area contributed by atoms with E-state index in [1.165, 1.54) is 141 Å². The Bertz CT molecular complexity index is 1130. The number of ether oxygens (including phenoxy) is 3. The number of unbranched alkanes of at least 4 members (excludes halogenated alkanes) is 26. The highest BCUT2D eigenvalue weighted by atomic mass is 16.6. The molecule has 0 aliphatic rings. The second-order valence-electron chi connectivity index (χ2n) is 17.4. The fraction of sp³-hybridized carbons (Fsp3) is 0.768. The van der Waals surface area contributed by atoms with Gasteiger partial charge in [0.15, 0.2) is 6.10 Å². The molecule has 0 bridgehead atoms. The number of esters is 3. The van der Waals surface area contributed by atoms with E-state index < -0.39 is 6.10 Å². The summed E-state index contributed by atoms with van der Waals surface area (Å²) >= 11 is 0. The zero-order chi connectivity index (χ0) is 45.1. The molecule has 0 unspecified atom stereocenters. The first-order chi connectivity index (χ1) is 30.5. The minimum Gasteiger partial charge on any atom is -0.462 e. The van der Waals surface area contributed by atoms with Gasteiger partial charge in [-0.25, -0.2) is 0 Å². The molecule has 0 spiro atoms. The van der Waals surface area contributed by atoms with Crippen molar-refractivity contribution < 1.29 is 28.6 Å². The Morgan fingerprint density at radius 3 is 1.03 bits per heavy atom. The Hall–Kier alpha value is -2.89. The van der Waals surface area contributed by atoms with Gasteiger partial charge >= 0.3 is 17.9 Å². The molecule has 0 N–H and O–H groups in total. The third kappa shape index (κ3) is 48.1. The summed E-state index contributed by atoms with van der Waals surface area (Å²) in [5.41, 5.74) is 0. The van der Waals surface area contributed by atoms with E-state index in [1.807, 2.05) is 0 Å². The van der Waals surface area contributed by atoms with Crippen molar-refractivity contribution in [3.05, 3.63) is 60.8 Å². The minimum atomic E-state index is -0.796. The monoisotopic (exact) mass is 867 g/mol. The highest BCUT2D eigenvalue weighted by Crippen LogP contribution is 2.15. The third-order valence-corrected chi connectivity index (χ3v) is 11.2. The first-order valence-corrected chi connectivity index (χ1v) is 26.3. The van der Waals surface area contributed by atoms with Crippen LogP contribution in [0, 0.1) is 0 Å². The largest absolute Gasteiger partial charge is 0.462 e. The van der Waals surface area contributed by atoms with Gasteiger partial charge in [-0.3, -0.25) is 14.4 Å². The molecule has 1 atom stereocenters. The first kappa shape index (κ1) is 59.1. The van der Waals surface area contributed by atoms with E-state index in [4.69, 9.17) is 14.2 Å². The SMILES string of the molecule is CCCCC/C=C\C/C=C\C/C=C\C/C=C\CCCC(=O)OC[C@@H](COC(=O)CCCCCCC/C=C\CCCCCC)OC(=O)CCCCCCCCCCCCCCCC. The number of hydrogen-bond acceptors (Lipinski definition) is 6. The zero-order valence-electron chi connectivity index (χ0n) is 40.9. The van der Waals surface area contributed by atoms with Crippen LogP contribution in [0.3, 0.4) is 0 Å². The maximum absolute atomic E-state index is 12.8. The lowest BCUT2D eigenvalue weighted by molar-refractivity contribution is -0.167. The fourth-order valence-electron chi connectivity index (χ4n) is 7.25. The van der Waals surface area contributed by atoms with E-state index in [9.17, 15) is 14.4 Å². The van der Waals surface area contributed by atoms with Crippen molar-refractivity contribution in [2.75, 3.05) is 13.2 Å². The van der Waals surface area contributed by atoms with Crippen molar-refractivity contribution in [1.82, 2.24) is 0 Å². The van der Waals surface area contributed by atoms with Crippen LogP contribution in [0.15, 0.2) is 60.8 Å². The predicted octanol–water partition coefficient (Wildman–Crippen LogP) is 17.3. The molecule has 0 amide bonds. The summed E-state index contributed by atoms with van der Waals surface area (Å²) in [5.74, 6) is -0.954. The van der Waals surface area contributed by atoms with E-state index >= 15 is 0 Å². The van der Waals surface area contributed by atoms with Crippen LogP contribution in [0.2, 0.25) is 0 Å². The van der Waals surface area contributed by atoms with E-state index in [0.29, 0.717) is 19.3 Å². The summed E-state index contributed by atoms with van der Waals surface area (Å²) < 4.78 is 16.8. The highest BCUT2D eigenvalue weighted by molar-refractivity contribution is 5.71. The normalized spacial score (nSPS) is 12.5. The Morgan fingerprint density at radius 1 is 0.323 bits per heavy atom. The van der Waals surface area contributed by atoms with Crippen molar-refractivity contribution in [2.24, 2.45) is 0 Å². The van der Waals surface area contributed by atoms with Gasteiger partial charge in [0.25, 0.3) is 0 Å². The van der Waals surface area contributed by atoms with Gasteiger partial charge in [-0.05, 0) is 83.5 Å². The molecule has 6 heteroatoms. The Kier molecular flexibility index (Phi) is 48.4. The lowest BCUT2D eigenvalue weighted by Crippen LogP contribution is -2.30. The summed E-state index contributed by atoms with van der Waals surface area (Å²) in [7, 11) is 0. The summed E-state index contributed by atoms with van der Waals surface area (Å²) in [5, 5.41) is 0. The summed E-state index contributed by atoms with van der Waals surface area (Å²) in [4.78, 5) is 38.0. The molecule has 0 fully saturated rings. The van der Waals surface area contributed by atoms with Crippen LogP contribution in [-0.2, 0) is 28.6 Å². The van der Waals surface area contributed by atoms with Crippen LogP contribution in [0.5, 0.6) is 0 Å². The lowest BCUT2D eigenvalue weighted by Gasteiger charge is -2.18. The molecule has 0 rings (SSSR count). The third-order valence-electron chi connectivity index (χ3n) is 11.2. The van der Waals surface area contributed by atoms with Crippen LogP contribution in [0.25, 0.3) is 0 Å². The highest BCUT2D eigenvalue weighted by Gasteiger charge is 2.19. The number of carbonyl (C=O) groups excluding carboxylic acids is 3. The van der Waals surface area contributed by atoms with Gasteiger partial charge in [0.1, 0.15) is 13.2 Å². The van der Waals surface area contributed by atoms with Crippen molar-refractivity contribution in [1.29, 1.82) is 0 Å². The molecular formula is C56H98O6. The van der Waals surface area contributed by atoms with Gasteiger partial charge in [-0.2, -0.15) is 0 Å². The molecule has 0 heterocycles.